The predicted molar refractivity (Wildman–Crippen MR) is 61.4 cm³/mol. The maximum Gasteiger partial charge on any atom is 0.129 e. The van der Waals surface area contributed by atoms with E-state index in [1.165, 1.54) is 18.7 Å². The van der Waals surface area contributed by atoms with Crippen LogP contribution in [0.2, 0.25) is 5.15 Å². The number of fused-ring (bicyclic) bond motifs is 1. The highest BCUT2D eigenvalue weighted by atomic mass is 35.5. The Hall–Kier alpha value is -0.800. The van der Waals surface area contributed by atoms with Crippen molar-refractivity contribution in [1.82, 2.24) is 10.3 Å². The molecule has 1 aromatic heterocycles. The van der Waals surface area contributed by atoms with E-state index in [9.17, 15) is 0 Å². The molecular weight excluding hydrogens is 210 g/mol. The molecule has 15 heavy (non-hydrogen) atoms. The molecule has 0 aromatic carbocycles. The van der Waals surface area contributed by atoms with Crippen LogP contribution in [0, 0.1) is 5.92 Å². The second-order valence-corrected chi connectivity index (χ2v) is 4.74. The summed E-state index contributed by atoms with van der Waals surface area (Å²) in [7, 11) is 0. The second-order valence-electron chi connectivity index (χ2n) is 4.35. The van der Waals surface area contributed by atoms with E-state index in [1.54, 1.807) is 0 Å². The van der Waals surface area contributed by atoms with Crippen molar-refractivity contribution in [3.8, 4) is 0 Å². The Kier molecular flexibility index (Phi) is 2.29. The van der Waals surface area contributed by atoms with Crippen LogP contribution < -0.4 is 10.2 Å². The van der Waals surface area contributed by atoms with Gasteiger partial charge in [0.2, 0.25) is 0 Å². The van der Waals surface area contributed by atoms with Crippen molar-refractivity contribution in [2.75, 3.05) is 24.5 Å². The predicted octanol–water partition coefficient (Wildman–Crippen LogP) is 1.53. The summed E-state index contributed by atoms with van der Waals surface area (Å²) in [5.41, 5.74) is 1.19. The van der Waals surface area contributed by atoms with Crippen LogP contribution in [-0.4, -0.2) is 30.7 Å². The molecule has 0 saturated carbocycles. The van der Waals surface area contributed by atoms with Crippen LogP contribution in [0.5, 0.6) is 0 Å². The van der Waals surface area contributed by atoms with Crippen molar-refractivity contribution in [1.29, 1.82) is 0 Å². The van der Waals surface area contributed by atoms with E-state index in [2.05, 4.69) is 15.2 Å². The SMILES string of the molecule is Clc1ccc(N2CC[C@H]3CN[C@H]3C2)cn1. The number of nitrogens with zero attached hydrogens (tertiary/aromatic N) is 2. The highest BCUT2D eigenvalue weighted by Crippen LogP contribution is 2.27. The Balaban J connectivity index is 1.74. The first-order chi connectivity index (χ1) is 7.33. The minimum Gasteiger partial charge on any atom is -0.369 e. The zero-order chi connectivity index (χ0) is 10.3. The molecule has 0 amide bonds. The molecule has 0 unspecified atom stereocenters. The van der Waals surface area contributed by atoms with Crippen LogP contribution in [0.15, 0.2) is 18.3 Å². The first kappa shape index (κ1) is 9.43. The summed E-state index contributed by atoms with van der Waals surface area (Å²) in [4.78, 5) is 6.51. The Morgan fingerprint density at radius 3 is 3.00 bits per heavy atom. The van der Waals surface area contributed by atoms with Crippen molar-refractivity contribution in [3.05, 3.63) is 23.5 Å². The normalized spacial score (nSPS) is 29.5. The lowest BCUT2D eigenvalue weighted by Crippen LogP contribution is -2.62. The monoisotopic (exact) mass is 223 g/mol. The summed E-state index contributed by atoms with van der Waals surface area (Å²) >= 11 is 5.77. The standard InChI is InChI=1S/C11H14ClN3/c12-11-2-1-9(6-14-11)15-4-3-8-5-13-10(8)7-15/h1-2,6,8,10,13H,3-5,7H2/t8-,10-/m0/s1. The topological polar surface area (TPSA) is 28.2 Å². The maximum atomic E-state index is 5.77. The Labute approximate surface area is 94.4 Å². The summed E-state index contributed by atoms with van der Waals surface area (Å²) in [5.74, 6) is 0.904. The minimum atomic E-state index is 0.565. The number of piperidine rings is 1. The molecule has 0 aliphatic carbocycles. The van der Waals surface area contributed by atoms with Crippen LogP contribution >= 0.6 is 11.6 Å². The van der Waals surface area contributed by atoms with Gasteiger partial charge in [-0.25, -0.2) is 4.98 Å². The number of nitrogens with one attached hydrogen (secondary N) is 1. The van der Waals surface area contributed by atoms with E-state index in [0.717, 1.165) is 19.0 Å². The van der Waals surface area contributed by atoms with Gasteiger partial charge in [0.15, 0.2) is 0 Å². The number of hydrogen-bond acceptors (Lipinski definition) is 3. The van der Waals surface area contributed by atoms with Crippen molar-refractivity contribution < 1.29 is 0 Å². The van der Waals surface area contributed by atoms with Crippen LogP contribution in [0.4, 0.5) is 5.69 Å². The summed E-state index contributed by atoms with van der Waals surface area (Å²) in [6.07, 6.45) is 3.15. The lowest BCUT2D eigenvalue weighted by Gasteiger charge is -2.46. The molecule has 0 spiro atoms. The number of pyridine rings is 1. The largest absolute Gasteiger partial charge is 0.369 e. The molecule has 2 aliphatic rings. The van der Waals surface area contributed by atoms with Gasteiger partial charge in [-0.05, 0) is 31.0 Å². The molecule has 0 bridgehead atoms. The van der Waals surface area contributed by atoms with Gasteiger partial charge in [-0.3, -0.25) is 0 Å². The van der Waals surface area contributed by atoms with Gasteiger partial charge < -0.3 is 10.2 Å². The van der Waals surface area contributed by atoms with Crippen molar-refractivity contribution in [3.63, 3.8) is 0 Å². The number of halogens is 1. The lowest BCUT2D eigenvalue weighted by atomic mass is 9.85. The molecule has 4 heteroatoms. The zero-order valence-electron chi connectivity index (χ0n) is 8.49. The third kappa shape index (κ3) is 1.70. The van der Waals surface area contributed by atoms with Gasteiger partial charge in [-0.1, -0.05) is 11.6 Å². The van der Waals surface area contributed by atoms with Gasteiger partial charge >= 0.3 is 0 Å². The smallest absolute Gasteiger partial charge is 0.129 e. The van der Waals surface area contributed by atoms with Crippen LogP contribution in [-0.2, 0) is 0 Å². The molecule has 1 N–H and O–H groups in total. The van der Waals surface area contributed by atoms with Gasteiger partial charge in [0.05, 0.1) is 11.9 Å². The molecule has 2 fully saturated rings. The van der Waals surface area contributed by atoms with Crippen molar-refractivity contribution in [2.45, 2.75) is 12.5 Å². The number of rotatable bonds is 1. The highest BCUT2D eigenvalue weighted by molar-refractivity contribution is 6.29. The van der Waals surface area contributed by atoms with Gasteiger partial charge in [0.25, 0.3) is 0 Å². The number of anilines is 1. The molecule has 1 aromatic rings. The van der Waals surface area contributed by atoms with Gasteiger partial charge in [0, 0.05) is 19.1 Å². The molecule has 3 heterocycles. The maximum absolute atomic E-state index is 5.77. The third-order valence-corrected chi connectivity index (χ3v) is 3.70. The van der Waals surface area contributed by atoms with Gasteiger partial charge in [-0.15, -0.1) is 0 Å². The second kappa shape index (κ2) is 3.65. The third-order valence-electron chi connectivity index (χ3n) is 3.48. The average molecular weight is 224 g/mol. The van der Waals surface area contributed by atoms with Crippen molar-refractivity contribution in [2.24, 2.45) is 5.92 Å². The molecule has 0 radical (unpaired) electrons. The molecule has 3 nitrogen and oxygen atoms in total. The summed E-state index contributed by atoms with van der Waals surface area (Å²) in [6, 6.07) is 4.60. The fourth-order valence-corrected chi connectivity index (χ4v) is 2.52. The van der Waals surface area contributed by atoms with Crippen LogP contribution in [0.3, 0.4) is 0 Å². The first-order valence-electron chi connectivity index (χ1n) is 5.43. The number of aromatic nitrogens is 1. The van der Waals surface area contributed by atoms with E-state index >= 15 is 0 Å². The number of hydrogen-bond donors (Lipinski definition) is 1. The lowest BCUT2D eigenvalue weighted by molar-refractivity contribution is 0.197. The fraction of sp³-hybridized carbons (Fsp3) is 0.545. The first-order valence-corrected chi connectivity index (χ1v) is 5.80. The van der Waals surface area contributed by atoms with E-state index in [0.29, 0.717) is 11.2 Å². The summed E-state index contributed by atoms with van der Waals surface area (Å²) < 4.78 is 0. The zero-order valence-corrected chi connectivity index (χ0v) is 9.24. The van der Waals surface area contributed by atoms with E-state index in [4.69, 9.17) is 11.6 Å². The van der Waals surface area contributed by atoms with Crippen molar-refractivity contribution >= 4 is 17.3 Å². The highest BCUT2D eigenvalue weighted by Gasteiger charge is 2.35. The molecule has 3 rings (SSSR count). The van der Waals surface area contributed by atoms with E-state index in [-0.39, 0.29) is 0 Å². The summed E-state index contributed by atoms with van der Waals surface area (Å²) in [5, 5.41) is 4.04. The summed E-state index contributed by atoms with van der Waals surface area (Å²) in [6.45, 7) is 3.46. The Bertz CT molecular complexity index is 351. The van der Waals surface area contributed by atoms with Gasteiger partial charge in [-0.2, -0.15) is 0 Å². The molecule has 2 atom stereocenters. The van der Waals surface area contributed by atoms with Crippen LogP contribution in [0.25, 0.3) is 0 Å². The average Bonchev–Trinajstić information content (AvgIpc) is 2.22. The quantitative estimate of drug-likeness (QED) is 0.732. The minimum absolute atomic E-state index is 0.565. The van der Waals surface area contributed by atoms with Gasteiger partial charge in [0.1, 0.15) is 5.15 Å². The van der Waals surface area contributed by atoms with Crippen LogP contribution in [0.1, 0.15) is 6.42 Å². The molecular formula is C11H14ClN3. The Morgan fingerprint density at radius 1 is 1.47 bits per heavy atom. The molecule has 80 valence electrons. The fourth-order valence-electron chi connectivity index (χ4n) is 2.41. The van der Waals surface area contributed by atoms with E-state index in [1.807, 2.05) is 18.3 Å². The molecule has 2 saturated heterocycles. The van der Waals surface area contributed by atoms with E-state index < -0.39 is 0 Å². The Morgan fingerprint density at radius 2 is 2.40 bits per heavy atom. The molecule has 2 aliphatic heterocycles.